The summed E-state index contributed by atoms with van der Waals surface area (Å²) in [6.45, 7) is 0.842. The molecule has 1 fully saturated rings. The maximum atomic E-state index is 14.4. The van der Waals surface area contributed by atoms with Crippen LogP contribution >= 0.6 is 0 Å². The van der Waals surface area contributed by atoms with Crippen LogP contribution in [-0.4, -0.2) is 68.7 Å². The molecule has 1 saturated heterocycles. The molecule has 192 valence electrons. The van der Waals surface area contributed by atoms with Crippen molar-refractivity contribution in [1.82, 2.24) is 13.1 Å². The first-order chi connectivity index (χ1) is 17.6. The van der Waals surface area contributed by atoms with Gasteiger partial charge in [-0.15, -0.1) is 0 Å². The zero-order chi connectivity index (χ0) is 26.5. The molecule has 0 bridgehead atoms. The number of aliphatic hydroxyl groups excluding tert-OH is 2. The Morgan fingerprint density at radius 3 is 2.62 bits per heavy atom. The van der Waals surface area contributed by atoms with Crippen LogP contribution in [0.4, 0.5) is 14.6 Å². The summed E-state index contributed by atoms with van der Waals surface area (Å²) in [5.41, 5.74) is 0.245. The molecule has 1 aliphatic heterocycles. The number of rotatable bonds is 5. The number of halogens is 2. The summed E-state index contributed by atoms with van der Waals surface area (Å²) in [6.07, 6.45) is -5.07. The fourth-order valence-electron chi connectivity index (χ4n) is 4.13. The van der Waals surface area contributed by atoms with Gasteiger partial charge in [0.25, 0.3) is 0 Å². The van der Waals surface area contributed by atoms with Crippen LogP contribution in [0.2, 0.25) is 0 Å². The summed E-state index contributed by atoms with van der Waals surface area (Å²) in [5.74, 6) is -4.61. The van der Waals surface area contributed by atoms with Crippen molar-refractivity contribution in [2.24, 2.45) is 0 Å². The summed E-state index contributed by atoms with van der Waals surface area (Å²) in [6, 6.07) is 13.4. The Morgan fingerprint density at radius 2 is 1.97 bits per heavy atom. The van der Waals surface area contributed by atoms with E-state index in [0.29, 0.717) is 21.2 Å². The number of hydrogen-bond donors (Lipinski definition) is 3. The van der Waals surface area contributed by atoms with E-state index in [2.05, 4.69) is 10.3 Å². The van der Waals surface area contributed by atoms with Crippen LogP contribution in [0.3, 0.4) is 0 Å². The molecular weight excluding hydrogens is 557 g/mol. The monoisotopic (exact) mass is 578 g/mol. The molecule has 1 aliphatic rings. The average molecular weight is 577 g/mol. The van der Waals surface area contributed by atoms with Crippen molar-refractivity contribution < 1.29 is 28.5 Å². The molecule has 1 amide bonds. The Hall–Kier alpha value is -3.48. The zero-order valence-corrected chi connectivity index (χ0v) is 20.9. The summed E-state index contributed by atoms with van der Waals surface area (Å²) in [4.78, 5) is 41.7. The summed E-state index contributed by atoms with van der Waals surface area (Å²) >= 11 is -0.231. The van der Waals surface area contributed by atoms with Gasteiger partial charge in [-0.1, -0.05) is 0 Å². The number of aliphatic hydroxyl groups is 2. The normalized spacial score (nSPS) is 20.8. The quantitative estimate of drug-likeness (QED) is 0.302. The fraction of sp³-hybridized carbons (Fsp3) is 0.250. The predicted octanol–water partition coefficient (Wildman–Crippen LogP) is 1.05. The molecule has 37 heavy (non-hydrogen) atoms. The van der Waals surface area contributed by atoms with E-state index >= 15 is 0 Å². The summed E-state index contributed by atoms with van der Waals surface area (Å²) in [7, 11) is 0. The van der Waals surface area contributed by atoms with Gasteiger partial charge in [-0.05, 0) is 0 Å². The Morgan fingerprint density at radius 1 is 1.22 bits per heavy atom. The van der Waals surface area contributed by atoms with Crippen LogP contribution < -0.4 is 16.6 Å². The second-order valence-electron chi connectivity index (χ2n) is 8.47. The van der Waals surface area contributed by atoms with Crippen molar-refractivity contribution in [1.29, 1.82) is 0 Å². The number of alkyl halides is 2. The molecule has 4 aromatic rings. The summed E-state index contributed by atoms with van der Waals surface area (Å²) in [5, 5.41) is 21.9. The molecule has 3 atom stereocenters. The molecule has 0 saturated carbocycles. The van der Waals surface area contributed by atoms with Crippen LogP contribution in [0.25, 0.3) is 15.3 Å². The molecule has 0 spiro atoms. The molecule has 3 heterocycles. The Balaban J connectivity index is 1.37. The van der Waals surface area contributed by atoms with Gasteiger partial charge in [-0.25, -0.2) is 0 Å². The predicted molar refractivity (Wildman–Crippen MR) is 130 cm³/mol. The van der Waals surface area contributed by atoms with Crippen molar-refractivity contribution in [2.75, 3.05) is 11.9 Å². The number of anilines is 1. The third-order valence-corrected chi connectivity index (χ3v) is 8.40. The van der Waals surface area contributed by atoms with E-state index in [1.807, 2.05) is 18.2 Å². The standard InChI is InChI=1S/C24H20F2N4O6Se/c1-12-10-13(30-21(34)15-4-2-3-5-17(15)37-30)6-7-14(12)20(33)27-18-8-9-29(23(35)28-18)22-24(25,26)19(32)16(11-31)36-22/h2-10,16,19,22,31-32H,11H2,1H3,(H,27,28,33,35)/t16-,19-,22-/m0/s1. The van der Waals surface area contributed by atoms with E-state index in [1.165, 1.54) is 0 Å². The van der Waals surface area contributed by atoms with E-state index in [4.69, 9.17) is 9.84 Å². The maximum absolute atomic E-state index is 14.4. The van der Waals surface area contributed by atoms with Crippen molar-refractivity contribution in [2.45, 2.75) is 31.3 Å². The number of aromatic nitrogens is 3. The topological polar surface area (TPSA) is 136 Å². The van der Waals surface area contributed by atoms with Gasteiger partial charge in [0.05, 0.1) is 6.61 Å². The van der Waals surface area contributed by atoms with Gasteiger partial charge >= 0.3 is 171 Å². The zero-order valence-electron chi connectivity index (χ0n) is 19.2. The average Bonchev–Trinajstić information content (AvgIpc) is 3.32. The second-order valence-corrected chi connectivity index (χ2v) is 10.5. The van der Waals surface area contributed by atoms with Crippen LogP contribution in [0.15, 0.2) is 64.3 Å². The molecule has 13 heteroatoms. The van der Waals surface area contributed by atoms with Crippen LogP contribution in [0.5, 0.6) is 0 Å². The first-order valence-electron chi connectivity index (χ1n) is 11.1. The van der Waals surface area contributed by atoms with Crippen molar-refractivity contribution in [3.63, 3.8) is 0 Å². The fourth-order valence-corrected chi connectivity index (χ4v) is 6.21. The van der Waals surface area contributed by atoms with Crippen LogP contribution in [0.1, 0.15) is 22.1 Å². The van der Waals surface area contributed by atoms with Crippen molar-refractivity contribution >= 4 is 36.1 Å². The molecule has 0 unspecified atom stereocenters. The first kappa shape index (κ1) is 25.2. The number of nitrogens with one attached hydrogen (secondary N) is 1. The van der Waals surface area contributed by atoms with E-state index in [1.54, 1.807) is 34.8 Å². The summed E-state index contributed by atoms with van der Waals surface area (Å²) < 4.78 is 36.8. The van der Waals surface area contributed by atoms with Crippen LogP contribution in [-0.2, 0) is 4.74 Å². The SMILES string of the molecule is Cc1cc(-n2[se]c3ccccc3c2=O)ccc1C(=O)Nc1ccn([C@H]2O[C@@H](CO)[C@H](O)C2(F)F)c(=O)n1. The number of benzene rings is 2. The van der Waals surface area contributed by atoms with Gasteiger partial charge in [0.15, 0.2) is 6.10 Å². The Bertz CT molecular complexity index is 1630. The Labute approximate surface area is 213 Å². The van der Waals surface area contributed by atoms with Gasteiger partial charge < -0.3 is 14.9 Å². The minimum absolute atomic E-state index is 0.105. The number of carbonyl (C=O) groups is 1. The minimum atomic E-state index is -3.85. The van der Waals surface area contributed by atoms with Crippen molar-refractivity contribution in [3.05, 3.63) is 86.7 Å². The van der Waals surface area contributed by atoms with Crippen LogP contribution in [0, 0.1) is 6.92 Å². The number of fused-ring (bicyclic) bond motifs is 1. The van der Waals surface area contributed by atoms with Gasteiger partial charge in [0.1, 0.15) is 6.10 Å². The van der Waals surface area contributed by atoms with Gasteiger partial charge in [-0.2, -0.15) is 8.78 Å². The molecule has 10 nitrogen and oxygen atoms in total. The first-order valence-corrected chi connectivity index (χ1v) is 12.7. The van der Waals surface area contributed by atoms with E-state index in [-0.39, 0.29) is 31.7 Å². The van der Waals surface area contributed by atoms with E-state index in [0.717, 1.165) is 16.5 Å². The van der Waals surface area contributed by atoms with E-state index in [9.17, 15) is 28.3 Å². The molecule has 2 aromatic carbocycles. The number of hydrogen-bond acceptors (Lipinski definition) is 7. The van der Waals surface area contributed by atoms with E-state index < -0.39 is 42.6 Å². The molecule has 5 rings (SSSR count). The number of amides is 1. The number of nitrogens with zero attached hydrogens (tertiary/aromatic N) is 3. The molecular formula is C24H20F2N4O6Se. The van der Waals surface area contributed by atoms with Gasteiger partial charge in [-0.3, -0.25) is 0 Å². The van der Waals surface area contributed by atoms with Crippen molar-refractivity contribution in [3.8, 4) is 5.69 Å². The molecule has 3 N–H and O–H groups in total. The number of carbonyl (C=O) groups excluding carboxylic acids is 1. The molecule has 0 radical (unpaired) electrons. The third kappa shape index (κ3) is 4.34. The van der Waals surface area contributed by atoms with Gasteiger partial charge in [0, 0.05) is 0 Å². The number of aryl methyl sites for hydroxylation is 1. The Kier molecular flexibility index (Phi) is 6.42. The molecule has 2 aromatic heterocycles. The number of ether oxygens (including phenoxy) is 1. The molecule has 0 aliphatic carbocycles. The third-order valence-electron chi connectivity index (χ3n) is 6.06. The second kappa shape index (κ2) is 9.43. The van der Waals surface area contributed by atoms with Gasteiger partial charge in [0.2, 0.25) is 0 Å².